The Morgan fingerprint density at radius 2 is 2.03 bits per heavy atom. The van der Waals surface area contributed by atoms with Gasteiger partial charge in [-0.2, -0.15) is 0 Å². The first-order chi connectivity index (χ1) is 14.7. The molecule has 30 heavy (non-hydrogen) atoms. The third-order valence-electron chi connectivity index (χ3n) is 6.74. The van der Waals surface area contributed by atoms with Gasteiger partial charge in [-0.25, -0.2) is 9.97 Å². The third-order valence-corrected chi connectivity index (χ3v) is 7.60. The topological polar surface area (TPSA) is 78.4 Å². The van der Waals surface area contributed by atoms with Crippen molar-refractivity contribution in [3.8, 4) is 0 Å². The smallest absolute Gasteiger partial charge is 0.263 e. The summed E-state index contributed by atoms with van der Waals surface area (Å²) in [5.74, 6) is 1.58. The van der Waals surface area contributed by atoms with Crippen LogP contribution in [0.5, 0.6) is 0 Å². The molecule has 2 atom stereocenters. The van der Waals surface area contributed by atoms with Crippen molar-refractivity contribution in [3.05, 3.63) is 40.8 Å². The minimum atomic E-state index is -0.501. The Hall–Kier alpha value is -2.48. The van der Waals surface area contributed by atoms with Crippen molar-refractivity contribution in [1.29, 1.82) is 0 Å². The number of hydrogen-bond acceptors (Lipinski definition) is 6. The SMILES string of the molecule is O=C(c1cccs1)N1CCC[C@]2(C(=O)NCC3CC3)CN(c3ncccn3)C[C@@H]2C1. The summed E-state index contributed by atoms with van der Waals surface area (Å²) in [5.41, 5.74) is -0.501. The maximum absolute atomic E-state index is 13.5. The van der Waals surface area contributed by atoms with E-state index < -0.39 is 5.41 Å². The van der Waals surface area contributed by atoms with Gasteiger partial charge in [0.15, 0.2) is 0 Å². The van der Waals surface area contributed by atoms with Gasteiger partial charge >= 0.3 is 0 Å². The summed E-state index contributed by atoms with van der Waals surface area (Å²) in [6, 6.07) is 5.60. The molecule has 0 radical (unpaired) electrons. The van der Waals surface area contributed by atoms with Gasteiger partial charge in [0.2, 0.25) is 11.9 Å². The van der Waals surface area contributed by atoms with E-state index >= 15 is 0 Å². The van der Waals surface area contributed by atoms with Gasteiger partial charge in [0.25, 0.3) is 5.91 Å². The van der Waals surface area contributed by atoms with Gasteiger partial charge in [-0.05, 0) is 49.1 Å². The van der Waals surface area contributed by atoms with E-state index in [1.165, 1.54) is 24.2 Å². The highest BCUT2D eigenvalue weighted by atomic mass is 32.1. The number of hydrogen-bond donors (Lipinski definition) is 1. The molecule has 1 saturated carbocycles. The Bertz CT molecular complexity index is 902. The lowest BCUT2D eigenvalue weighted by molar-refractivity contribution is -0.132. The molecule has 0 bridgehead atoms. The molecule has 2 saturated heterocycles. The zero-order valence-electron chi connectivity index (χ0n) is 17.0. The Kier molecular flexibility index (Phi) is 5.18. The van der Waals surface area contributed by atoms with E-state index in [1.807, 2.05) is 22.4 Å². The minimum absolute atomic E-state index is 0.0620. The van der Waals surface area contributed by atoms with Gasteiger partial charge in [0, 0.05) is 51.0 Å². The Balaban J connectivity index is 1.41. The largest absolute Gasteiger partial charge is 0.355 e. The van der Waals surface area contributed by atoms with Crippen LogP contribution < -0.4 is 10.2 Å². The second-order valence-corrected chi connectivity index (χ2v) is 9.72. The van der Waals surface area contributed by atoms with Gasteiger partial charge < -0.3 is 15.1 Å². The molecule has 2 amide bonds. The highest BCUT2D eigenvalue weighted by Crippen LogP contribution is 2.44. The van der Waals surface area contributed by atoms with E-state index in [4.69, 9.17) is 0 Å². The van der Waals surface area contributed by atoms with Crippen LogP contribution in [0.3, 0.4) is 0 Å². The van der Waals surface area contributed by atoms with Crippen LogP contribution in [-0.2, 0) is 4.79 Å². The lowest BCUT2D eigenvalue weighted by atomic mass is 9.74. The van der Waals surface area contributed by atoms with Crippen LogP contribution in [0.1, 0.15) is 35.4 Å². The van der Waals surface area contributed by atoms with Crippen molar-refractivity contribution in [1.82, 2.24) is 20.2 Å². The molecule has 2 aliphatic heterocycles. The fourth-order valence-electron chi connectivity index (χ4n) is 4.89. The lowest BCUT2D eigenvalue weighted by Gasteiger charge is -2.32. The van der Waals surface area contributed by atoms with Crippen LogP contribution in [0, 0.1) is 17.3 Å². The summed E-state index contributed by atoms with van der Waals surface area (Å²) < 4.78 is 0. The molecule has 0 spiro atoms. The minimum Gasteiger partial charge on any atom is -0.355 e. The molecule has 0 aromatic carbocycles. The lowest BCUT2D eigenvalue weighted by Crippen LogP contribution is -2.48. The van der Waals surface area contributed by atoms with Gasteiger partial charge in [0.1, 0.15) is 0 Å². The molecule has 2 aromatic rings. The summed E-state index contributed by atoms with van der Waals surface area (Å²) in [4.78, 5) is 40.2. The van der Waals surface area contributed by atoms with Crippen molar-refractivity contribution in [2.75, 3.05) is 37.6 Å². The van der Waals surface area contributed by atoms with Crippen LogP contribution in [0.2, 0.25) is 0 Å². The van der Waals surface area contributed by atoms with Crippen LogP contribution >= 0.6 is 11.3 Å². The van der Waals surface area contributed by atoms with Crippen molar-refractivity contribution in [3.63, 3.8) is 0 Å². The summed E-state index contributed by atoms with van der Waals surface area (Å²) in [5, 5.41) is 5.18. The zero-order valence-corrected chi connectivity index (χ0v) is 17.8. The van der Waals surface area contributed by atoms with Crippen LogP contribution in [0.4, 0.5) is 5.95 Å². The number of nitrogens with one attached hydrogen (secondary N) is 1. The van der Waals surface area contributed by atoms with Crippen LogP contribution in [-0.4, -0.2) is 59.4 Å². The summed E-state index contributed by atoms with van der Waals surface area (Å²) in [7, 11) is 0. The number of rotatable bonds is 5. The molecule has 4 heterocycles. The molecule has 3 aliphatic rings. The molecular formula is C22H27N5O2S. The van der Waals surface area contributed by atoms with Gasteiger partial charge in [-0.1, -0.05) is 6.07 Å². The van der Waals surface area contributed by atoms with Crippen molar-refractivity contribution >= 4 is 29.1 Å². The normalized spacial score (nSPS) is 26.2. The van der Waals surface area contributed by atoms with Crippen molar-refractivity contribution in [2.45, 2.75) is 25.7 Å². The second-order valence-electron chi connectivity index (χ2n) is 8.77. The van der Waals surface area contributed by atoms with E-state index in [0.717, 1.165) is 24.3 Å². The highest BCUT2D eigenvalue weighted by molar-refractivity contribution is 7.12. The Morgan fingerprint density at radius 1 is 1.20 bits per heavy atom. The van der Waals surface area contributed by atoms with Gasteiger partial charge in [0.05, 0.1) is 10.3 Å². The molecule has 2 aromatic heterocycles. The molecule has 3 fully saturated rings. The van der Waals surface area contributed by atoms with Crippen LogP contribution in [0.25, 0.3) is 0 Å². The number of nitrogens with zero attached hydrogens (tertiary/aromatic N) is 4. The van der Waals surface area contributed by atoms with E-state index in [1.54, 1.807) is 18.5 Å². The molecule has 1 aliphatic carbocycles. The first-order valence-corrected chi connectivity index (χ1v) is 11.7. The first kappa shape index (κ1) is 19.5. The summed E-state index contributed by atoms with van der Waals surface area (Å²) >= 11 is 1.48. The third kappa shape index (κ3) is 3.69. The van der Waals surface area contributed by atoms with E-state index in [9.17, 15) is 9.59 Å². The molecule has 5 rings (SSSR count). The average Bonchev–Trinajstić information content (AvgIpc) is 3.36. The fraction of sp³-hybridized carbons (Fsp3) is 0.545. The Labute approximate surface area is 180 Å². The zero-order chi connectivity index (χ0) is 20.6. The molecule has 7 nitrogen and oxygen atoms in total. The molecule has 8 heteroatoms. The first-order valence-electron chi connectivity index (χ1n) is 10.8. The fourth-order valence-corrected chi connectivity index (χ4v) is 5.58. The standard InChI is InChI=1S/C22H27N5O2S/c28-19(18-4-1-11-30-18)26-10-2-7-22(20(29)25-12-16-5-6-16)15-27(14-17(22)13-26)21-23-8-3-9-24-21/h1,3-4,8-9,11,16-17H,2,5-7,10,12-15H2,(H,25,29)/t17-,22-/m0/s1. The summed E-state index contributed by atoms with van der Waals surface area (Å²) in [6.07, 6.45) is 7.51. The summed E-state index contributed by atoms with van der Waals surface area (Å²) in [6.45, 7) is 3.37. The monoisotopic (exact) mass is 425 g/mol. The van der Waals surface area contributed by atoms with Gasteiger partial charge in [-0.15, -0.1) is 11.3 Å². The Morgan fingerprint density at radius 3 is 2.77 bits per heavy atom. The molecule has 1 N–H and O–H groups in total. The number of thiophene rings is 1. The van der Waals surface area contributed by atoms with Crippen LogP contribution in [0.15, 0.2) is 36.0 Å². The van der Waals surface area contributed by atoms with E-state index in [-0.39, 0.29) is 17.7 Å². The predicted octanol–water partition coefficient (Wildman–Crippen LogP) is 2.42. The predicted molar refractivity (Wildman–Crippen MR) is 115 cm³/mol. The number of fused-ring (bicyclic) bond motifs is 1. The molecule has 158 valence electrons. The van der Waals surface area contributed by atoms with E-state index in [2.05, 4.69) is 20.2 Å². The van der Waals surface area contributed by atoms with Crippen molar-refractivity contribution < 1.29 is 9.59 Å². The van der Waals surface area contributed by atoms with E-state index in [0.29, 0.717) is 38.0 Å². The molecular weight excluding hydrogens is 398 g/mol. The molecule has 0 unspecified atom stereocenters. The van der Waals surface area contributed by atoms with Gasteiger partial charge in [-0.3, -0.25) is 9.59 Å². The number of amides is 2. The number of aromatic nitrogens is 2. The maximum atomic E-state index is 13.5. The number of carbonyl (C=O) groups is 2. The highest BCUT2D eigenvalue weighted by Gasteiger charge is 2.54. The maximum Gasteiger partial charge on any atom is 0.263 e. The average molecular weight is 426 g/mol. The second kappa shape index (κ2) is 7.98. The quantitative estimate of drug-likeness (QED) is 0.796. The van der Waals surface area contributed by atoms with Crippen molar-refractivity contribution in [2.24, 2.45) is 17.3 Å². The number of carbonyl (C=O) groups excluding carboxylic acids is 2. The number of anilines is 1. The number of likely N-dealkylation sites (tertiary alicyclic amines) is 1.